The van der Waals surface area contributed by atoms with Gasteiger partial charge in [-0.15, -0.1) is 0 Å². The van der Waals surface area contributed by atoms with Gasteiger partial charge in [-0.2, -0.15) is 0 Å². The molecule has 0 aliphatic carbocycles. The maximum atomic E-state index is 13.1. The Morgan fingerprint density at radius 2 is 1.80 bits per heavy atom. The molecule has 2 aromatic rings. The first kappa shape index (κ1) is 14.0. The number of benzene rings is 2. The van der Waals surface area contributed by atoms with E-state index >= 15 is 0 Å². The van der Waals surface area contributed by atoms with Crippen LogP contribution in [0.1, 0.15) is 17.3 Å². The van der Waals surface area contributed by atoms with Crippen LogP contribution in [-0.4, -0.2) is 12.5 Å². The number of halogens is 2. The highest BCUT2D eigenvalue weighted by atomic mass is 19.1. The number of nitrogens with zero attached hydrogens (tertiary/aromatic N) is 1. The molecule has 2 rings (SSSR count). The molecule has 0 aliphatic heterocycles. The highest BCUT2D eigenvalue weighted by Gasteiger charge is 2.17. The van der Waals surface area contributed by atoms with Crippen molar-refractivity contribution in [3.63, 3.8) is 0 Å². The molecule has 2 aromatic carbocycles. The lowest BCUT2D eigenvalue weighted by molar-refractivity contribution is 0.0988. The van der Waals surface area contributed by atoms with Crippen molar-refractivity contribution in [3.05, 3.63) is 59.7 Å². The Morgan fingerprint density at radius 3 is 2.35 bits per heavy atom. The number of nitrogens with two attached hydrogens (primary N) is 1. The van der Waals surface area contributed by atoms with Crippen LogP contribution in [0.2, 0.25) is 0 Å². The summed E-state index contributed by atoms with van der Waals surface area (Å²) in [5.74, 6) is -1.25. The van der Waals surface area contributed by atoms with Gasteiger partial charge in [0.1, 0.15) is 11.6 Å². The Kier molecular flexibility index (Phi) is 3.98. The summed E-state index contributed by atoms with van der Waals surface area (Å²) in [6, 6.07) is 9.42. The smallest absolute Gasteiger partial charge is 0.258 e. The number of carbonyl (C=O) groups excluding carboxylic acids is 1. The minimum atomic E-state index is -0.564. The molecule has 20 heavy (non-hydrogen) atoms. The van der Waals surface area contributed by atoms with E-state index in [0.717, 1.165) is 6.07 Å². The molecular formula is C15H14F2N2O. The molecule has 0 unspecified atom stereocenters. The Bertz CT molecular complexity index is 626. The van der Waals surface area contributed by atoms with Gasteiger partial charge in [0.2, 0.25) is 0 Å². The molecule has 0 radical (unpaired) electrons. The van der Waals surface area contributed by atoms with Crippen LogP contribution in [0.25, 0.3) is 0 Å². The number of hydrogen-bond acceptors (Lipinski definition) is 2. The summed E-state index contributed by atoms with van der Waals surface area (Å²) in [4.78, 5) is 13.8. The largest absolute Gasteiger partial charge is 0.396 e. The summed E-state index contributed by atoms with van der Waals surface area (Å²) in [5, 5.41) is 0. The van der Waals surface area contributed by atoms with Crippen LogP contribution in [0, 0.1) is 11.6 Å². The lowest BCUT2D eigenvalue weighted by atomic mass is 10.1. The van der Waals surface area contributed by atoms with Crippen molar-refractivity contribution in [2.45, 2.75) is 6.92 Å². The van der Waals surface area contributed by atoms with Gasteiger partial charge in [0.05, 0.1) is 5.69 Å². The van der Waals surface area contributed by atoms with E-state index in [1.807, 2.05) is 0 Å². The quantitative estimate of drug-likeness (QED) is 0.875. The zero-order chi connectivity index (χ0) is 14.7. The minimum absolute atomic E-state index is 0.0778. The molecule has 0 heterocycles. The van der Waals surface area contributed by atoms with Crippen LogP contribution in [0.15, 0.2) is 42.5 Å². The van der Waals surface area contributed by atoms with Gasteiger partial charge < -0.3 is 10.6 Å². The van der Waals surface area contributed by atoms with Crippen LogP contribution in [-0.2, 0) is 0 Å². The Morgan fingerprint density at radius 1 is 1.15 bits per heavy atom. The predicted molar refractivity (Wildman–Crippen MR) is 74.6 cm³/mol. The van der Waals surface area contributed by atoms with Gasteiger partial charge in [-0.25, -0.2) is 8.78 Å². The zero-order valence-corrected chi connectivity index (χ0v) is 10.9. The molecule has 104 valence electrons. The zero-order valence-electron chi connectivity index (χ0n) is 10.9. The highest BCUT2D eigenvalue weighted by molar-refractivity contribution is 6.06. The minimum Gasteiger partial charge on any atom is -0.396 e. The van der Waals surface area contributed by atoms with Gasteiger partial charge >= 0.3 is 0 Å². The normalized spacial score (nSPS) is 10.3. The molecule has 3 nitrogen and oxygen atoms in total. The first-order valence-corrected chi connectivity index (χ1v) is 6.15. The number of nitrogen functional groups attached to an aromatic ring is 1. The first-order chi connectivity index (χ1) is 9.52. The van der Waals surface area contributed by atoms with Gasteiger partial charge in [0.15, 0.2) is 0 Å². The third-order valence-electron chi connectivity index (χ3n) is 2.94. The molecule has 0 aromatic heterocycles. The Labute approximate surface area is 115 Å². The van der Waals surface area contributed by atoms with Crippen molar-refractivity contribution in [1.29, 1.82) is 0 Å². The van der Waals surface area contributed by atoms with Crippen LogP contribution >= 0.6 is 0 Å². The van der Waals surface area contributed by atoms with Gasteiger partial charge in [0, 0.05) is 17.8 Å². The van der Waals surface area contributed by atoms with Crippen LogP contribution in [0.4, 0.5) is 20.2 Å². The van der Waals surface area contributed by atoms with E-state index in [-0.39, 0.29) is 23.0 Å². The van der Waals surface area contributed by atoms with E-state index in [9.17, 15) is 13.6 Å². The van der Waals surface area contributed by atoms with E-state index in [2.05, 4.69) is 0 Å². The number of rotatable bonds is 3. The van der Waals surface area contributed by atoms with Crippen LogP contribution < -0.4 is 10.6 Å². The number of anilines is 2. The monoisotopic (exact) mass is 276 g/mol. The van der Waals surface area contributed by atoms with Crippen molar-refractivity contribution in [2.75, 3.05) is 17.2 Å². The third kappa shape index (κ3) is 2.77. The lowest BCUT2D eigenvalue weighted by Crippen LogP contribution is -2.30. The molecule has 0 fully saturated rings. The van der Waals surface area contributed by atoms with E-state index in [1.54, 1.807) is 6.92 Å². The van der Waals surface area contributed by atoms with Crippen molar-refractivity contribution < 1.29 is 13.6 Å². The van der Waals surface area contributed by atoms with Gasteiger partial charge in [-0.1, -0.05) is 0 Å². The van der Waals surface area contributed by atoms with Crippen molar-refractivity contribution in [2.24, 2.45) is 0 Å². The third-order valence-corrected chi connectivity index (χ3v) is 2.94. The average Bonchev–Trinajstić information content (AvgIpc) is 2.44. The second-order valence-electron chi connectivity index (χ2n) is 4.26. The topological polar surface area (TPSA) is 46.3 Å². The molecule has 0 aliphatic rings. The average molecular weight is 276 g/mol. The fraction of sp³-hybridized carbons (Fsp3) is 0.133. The van der Waals surface area contributed by atoms with E-state index in [1.165, 1.54) is 41.3 Å². The number of amides is 1. The van der Waals surface area contributed by atoms with Gasteiger partial charge in [-0.3, -0.25) is 4.79 Å². The van der Waals surface area contributed by atoms with Crippen molar-refractivity contribution in [3.8, 4) is 0 Å². The number of carbonyl (C=O) groups is 1. The predicted octanol–water partition coefficient (Wildman–Crippen LogP) is 3.21. The molecule has 0 bridgehead atoms. The molecule has 5 heteroatoms. The Balaban J connectivity index is 2.33. The van der Waals surface area contributed by atoms with Crippen LogP contribution in [0.5, 0.6) is 0 Å². The van der Waals surface area contributed by atoms with Crippen LogP contribution in [0.3, 0.4) is 0 Å². The molecule has 0 saturated carbocycles. The van der Waals surface area contributed by atoms with E-state index in [0.29, 0.717) is 12.2 Å². The molecule has 2 N–H and O–H groups in total. The second-order valence-corrected chi connectivity index (χ2v) is 4.26. The molecule has 0 spiro atoms. The fourth-order valence-electron chi connectivity index (χ4n) is 1.90. The molecule has 0 saturated heterocycles. The first-order valence-electron chi connectivity index (χ1n) is 6.15. The molecule has 1 amide bonds. The number of hydrogen-bond donors (Lipinski definition) is 1. The summed E-state index contributed by atoms with van der Waals surface area (Å²) in [6.45, 7) is 2.20. The maximum Gasteiger partial charge on any atom is 0.258 e. The summed E-state index contributed by atoms with van der Waals surface area (Å²) in [5.41, 5.74) is 6.24. The maximum absolute atomic E-state index is 13.1. The lowest BCUT2D eigenvalue weighted by Gasteiger charge is -2.21. The molecular weight excluding hydrogens is 262 g/mol. The SMILES string of the molecule is CCN(C(=O)c1ccc(F)c(N)c1)c1ccc(F)cc1. The Hall–Kier alpha value is -2.43. The standard InChI is InChI=1S/C15H14F2N2O/c1-2-19(12-6-4-11(16)5-7-12)15(20)10-3-8-13(17)14(18)9-10/h3-9H,2,18H2,1H3. The second kappa shape index (κ2) is 5.69. The van der Waals surface area contributed by atoms with E-state index < -0.39 is 5.82 Å². The summed E-state index contributed by atoms with van der Waals surface area (Å²) in [7, 11) is 0. The van der Waals surface area contributed by atoms with Crippen molar-refractivity contribution in [1.82, 2.24) is 0 Å². The fourth-order valence-corrected chi connectivity index (χ4v) is 1.90. The van der Waals surface area contributed by atoms with Gasteiger partial charge in [0.25, 0.3) is 5.91 Å². The van der Waals surface area contributed by atoms with Gasteiger partial charge in [-0.05, 0) is 49.4 Å². The highest BCUT2D eigenvalue weighted by Crippen LogP contribution is 2.19. The summed E-state index contributed by atoms with van der Waals surface area (Å²) >= 11 is 0. The molecule has 0 atom stereocenters. The van der Waals surface area contributed by atoms with Crippen molar-refractivity contribution >= 4 is 17.3 Å². The van der Waals surface area contributed by atoms with E-state index in [4.69, 9.17) is 5.73 Å². The summed E-state index contributed by atoms with van der Waals surface area (Å²) in [6.07, 6.45) is 0. The summed E-state index contributed by atoms with van der Waals surface area (Å²) < 4.78 is 26.0.